The van der Waals surface area contributed by atoms with Gasteiger partial charge in [0, 0.05) is 0 Å². The summed E-state index contributed by atoms with van der Waals surface area (Å²) >= 11 is 1.36. The zero-order chi connectivity index (χ0) is 12.0. The minimum Gasteiger partial charge on any atom is -0.378 e. The number of hydrogen-bond donors (Lipinski definition) is 1. The molecule has 0 aliphatic rings. The Balaban J connectivity index is 2.71. The van der Waals surface area contributed by atoms with Crippen LogP contribution in [0.3, 0.4) is 0 Å². The monoisotopic (exact) mass is 242 g/mol. The molecule has 7 heteroatoms. The van der Waals surface area contributed by atoms with Gasteiger partial charge in [-0.2, -0.15) is 0 Å². The van der Waals surface area contributed by atoms with Gasteiger partial charge in [-0.3, -0.25) is 10.1 Å². The van der Waals surface area contributed by atoms with Crippen molar-refractivity contribution in [2.45, 2.75) is 31.2 Å². The number of nitro groups is 1. The summed E-state index contributed by atoms with van der Waals surface area (Å²) in [6.45, 7) is 2.11. The molecular weight excluding hydrogens is 228 g/mol. The van der Waals surface area contributed by atoms with Gasteiger partial charge < -0.3 is 5.73 Å². The molecule has 1 aromatic heterocycles. The van der Waals surface area contributed by atoms with Crippen molar-refractivity contribution in [2.24, 2.45) is 0 Å². The number of hydrogen-bond acceptors (Lipinski definition) is 6. The van der Waals surface area contributed by atoms with Gasteiger partial charge in [0.15, 0.2) is 5.03 Å². The van der Waals surface area contributed by atoms with Crippen LogP contribution in [-0.4, -0.2) is 20.6 Å². The number of nitrogens with two attached hydrogens (primary N) is 1. The molecule has 0 fully saturated rings. The van der Waals surface area contributed by atoms with E-state index in [1.165, 1.54) is 18.1 Å². The molecule has 16 heavy (non-hydrogen) atoms. The summed E-state index contributed by atoms with van der Waals surface area (Å²) in [4.78, 5) is 17.7. The zero-order valence-electron chi connectivity index (χ0n) is 9.05. The molecule has 0 aromatic carbocycles. The Hall–Kier alpha value is -1.37. The Morgan fingerprint density at radius 3 is 2.88 bits per heavy atom. The van der Waals surface area contributed by atoms with Gasteiger partial charge in [0.1, 0.15) is 6.33 Å². The highest BCUT2D eigenvalue weighted by atomic mass is 32.2. The average Bonchev–Trinajstić information content (AvgIpc) is 2.24. The number of anilines is 1. The molecule has 1 heterocycles. The lowest BCUT2D eigenvalue weighted by Crippen LogP contribution is -2.02. The van der Waals surface area contributed by atoms with Gasteiger partial charge in [0.25, 0.3) is 0 Å². The lowest BCUT2D eigenvalue weighted by atomic mass is 10.3. The molecule has 6 nitrogen and oxygen atoms in total. The van der Waals surface area contributed by atoms with Gasteiger partial charge >= 0.3 is 5.69 Å². The summed E-state index contributed by atoms with van der Waals surface area (Å²) in [5.74, 6) is 0.739. The van der Waals surface area contributed by atoms with E-state index in [9.17, 15) is 10.1 Å². The van der Waals surface area contributed by atoms with Gasteiger partial charge in [0.05, 0.1) is 4.92 Å². The Bertz CT molecular complexity index is 373. The van der Waals surface area contributed by atoms with Crippen LogP contribution in [0.2, 0.25) is 0 Å². The number of nitrogen functional groups attached to an aromatic ring is 1. The minimum absolute atomic E-state index is 0.0713. The van der Waals surface area contributed by atoms with Crippen LogP contribution in [0.1, 0.15) is 26.2 Å². The predicted molar refractivity (Wildman–Crippen MR) is 63.3 cm³/mol. The maximum atomic E-state index is 10.8. The first kappa shape index (κ1) is 12.7. The molecule has 1 rings (SSSR count). The summed E-state index contributed by atoms with van der Waals surface area (Å²) in [6.07, 6.45) is 4.50. The molecule has 0 saturated carbocycles. The van der Waals surface area contributed by atoms with Crippen molar-refractivity contribution in [1.29, 1.82) is 0 Å². The van der Waals surface area contributed by atoms with E-state index in [1.54, 1.807) is 0 Å². The molecule has 0 saturated heterocycles. The van der Waals surface area contributed by atoms with Crippen molar-refractivity contribution < 1.29 is 4.92 Å². The number of thioether (sulfide) groups is 1. The van der Waals surface area contributed by atoms with Crippen LogP contribution in [0, 0.1) is 10.1 Å². The second kappa shape index (κ2) is 6.26. The minimum atomic E-state index is -0.530. The largest absolute Gasteiger partial charge is 0.378 e. The lowest BCUT2D eigenvalue weighted by molar-refractivity contribution is -0.387. The first-order valence-electron chi connectivity index (χ1n) is 5.04. The summed E-state index contributed by atoms with van der Waals surface area (Å²) in [5.41, 5.74) is 5.27. The van der Waals surface area contributed by atoms with Crippen molar-refractivity contribution in [2.75, 3.05) is 11.5 Å². The average molecular weight is 242 g/mol. The second-order valence-electron chi connectivity index (χ2n) is 3.23. The standard InChI is InChI=1S/C9H14N4O2S/c1-2-3-4-5-16-9-7(13(14)15)8(10)11-6-12-9/h6H,2-5H2,1H3,(H2,10,11,12). The van der Waals surface area contributed by atoms with Gasteiger partial charge in [-0.25, -0.2) is 9.97 Å². The molecule has 0 unspecified atom stereocenters. The Kier molecular flexibility index (Phi) is 4.97. The molecule has 2 N–H and O–H groups in total. The fourth-order valence-corrected chi connectivity index (χ4v) is 2.15. The molecule has 0 radical (unpaired) electrons. The van der Waals surface area contributed by atoms with Crippen molar-refractivity contribution in [3.8, 4) is 0 Å². The van der Waals surface area contributed by atoms with E-state index in [1.807, 2.05) is 0 Å². The van der Waals surface area contributed by atoms with Gasteiger partial charge in [0.2, 0.25) is 5.82 Å². The van der Waals surface area contributed by atoms with Crippen molar-refractivity contribution in [3.63, 3.8) is 0 Å². The molecule has 0 atom stereocenters. The highest BCUT2D eigenvalue weighted by Crippen LogP contribution is 2.30. The summed E-state index contributed by atoms with van der Waals surface area (Å²) < 4.78 is 0. The number of aromatic nitrogens is 2. The van der Waals surface area contributed by atoms with Crippen molar-refractivity contribution in [1.82, 2.24) is 9.97 Å². The molecule has 0 amide bonds. The van der Waals surface area contributed by atoms with Gasteiger partial charge in [-0.15, -0.1) is 0 Å². The van der Waals surface area contributed by atoms with Crippen LogP contribution in [0.25, 0.3) is 0 Å². The predicted octanol–water partition coefficient (Wildman–Crippen LogP) is 2.25. The summed E-state index contributed by atoms with van der Waals surface area (Å²) in [5, 5.41) is 11.1. The number of nitrogens with zero attached hydrogens (tertiary/aromatic N) is 3. The van der Waals surface area contributed by atoms with Crippen LogP contribution in [0.15, 0.2) is 11.4 Å². The number of unbranched alkanes of at least 4 members (excludes halogenated alkanes) is 2. The summed E-state index contributed by atoms with van der Waals surface area (Å²) in [6, 6.07) is 0. The first-order valence-corrected chi connectivity index (χ1v) is 6.03. The SMILES string of the molecule is CCCCCSc1ncnc(N)c1[N+](=O)[O-]. The summed E-state index contributed by atoms with van der Waals surface area (Å²) in [7, 11) is 0. The van der Waals surface area contributed by atoms with Gasteiger partial charge in [-0.05, 0) is 12.2 Å². The van der Waals surface area contributed by atoms with Crippen LogP contribution in [0.5, 0.6) is 0 Å². The topological polar surface area (TPSA) is 94.9 Å². The smallest absolute Gasteiger partial charge is 0.343 e. The third kappa shape index (κ3) is 3.34. The van der Waals surface area contributed by atoms with Crippen LogP contribution in [0.4, 0.5) is 11.5 Å². The third-order valence-electron chi connectivity index (χ3n) is 1.99. The number of rotatable bonds is 6. The third-order valence-corrected chi connectivity index (χ3v) is 3.05. The fourth-order valence-electron chi connectivity index (χ4n) is 1.17. The fraction of sp³-hybridized carbons (Fsp3) is 0.556. The van der Waals surface area contributed by atoms with E-state index >= 15 is 0 Å². The highest BCUT2D eigenvalue weighted by Gasteiger charge is 2.20. The Morgan fingerprint density at radius 2 is 2.25 bits per heavy atom. The lowest BCUT2D eigenvalue weighted by Gasteiger charge is -2.02. The Morgan fingerprint density at radius 1 is 1.50 bits per heavy atom. The molecule has 1 aromatic rings. The molecule has 0 spiro atoms. The van der Waals surface area contributed by atoms with E-state index in [4.69, 9.17) is 5.73 Å². The molecular formula is C9H14N4O2S. The van der Waals surface area contributed by atoms with E-state index in [2.05, 4.69) is 16.9 Å². The van der Waals surface area contributed by atoms with Crippen LogP contribution >= 0.6 is 11.8 Å². The maximum absolute atomic E-state index is 10.8. The Labute approximate surface area is 97.8 Å². The van der Waals surface area contributed by atoms with Crippen LogP contribution in [-0.2, 0) is 0 Å². The maximum Gasteiger partial charge on any atom is 0.343 e. The van der Waals surface area contributed by atoms with Crippen molar-refractivity contribution >= 4 is 23.3 Å². The molecule has 0 aliphatic carbocycles. The van der Waals surface area contributed by atoms with E-state index in [0.29, 0.717) is 5.03 Å². The second-order valence-corrected chi connectivity index (χ2v) is 4.31. The molecule has 88 valence electrons. The van der Waals surface area contributed by atoms with E-state index in [-0.39, 0.29) is 11.5 Å². The van der Waals surface area contributed by atoms with Gasteiger partial charge in [-0.1, -0.05) is 31.5 Å². The van der Waals surface area contributed by atoms with E-state index < -0.39 is 4.92 Å². The zero-order valence-corrected chi connectivity index (χ0v) is 9.87. The highest BCUT2D eigenvalue weighted by molar-refractivity contribution is 7.99. The molecule has 0 bridgehead atoms. The quantitative estimate of drug-likeness (QED) is 0.270. The van der Waals surface area contributed by atoms with Crippen molar-refractivity contribution in [3.05, 3.63) is 16.4 Å². The molecule has 0 aliphatic heterocycles. The normalized spacial score (nSPS) is 10.3. The van der Waals surface area contributed by atoms with E-state index in [0.717, 1.165) is 25.0 Å². The van der Waals surface area contributed by atoms with Crippen LogP contribution < -0.4 is 5.73 Å². The first-order chi connectivity index (χ1) is 7.66.